The molecule has 3 aliphatic rings. The van der Waals surface area contributed by atoms with Crippen molar-refractivity contribution in [3.05, 3.63) is 39.7 Å². The maximum atomic E-state index is 12.9. The normalized spacial score (nSPS) is 25.9. The molecule has 0 N–H and O–H groups in total. The molecule has 160 valence electrons. The lowest BCUT2D eigenvalue weighted by Crippen LogP contribution is -2.41. The van der Waals surface area contributed by atoms with E-state index in [0.717, 1.165) is 67.7 Å². The maximum absolute atomic E-state index is 12.9. The summed E-state index contributed by atoms with van der Waals surface area (Å²) in [6.07, 6.45) is 3.29. The van der Waals surface area contributed by atoms with E-state index in [9.17, 15) is 9.59 Å². The van der Waals surface area contributed by atoms with Crippen LogP contribution in [0.1, 0.15) is 30.9 Å². The Balaban J connectivity index is 1.27. The van der Waals surface area contributed by atoms with Crippen molar-refractivity contribution in [3.8, 4) is 5.75 Å². The van der Waals surface area contributed by atoms with Crippen molar-refractivity contribution in [2.24, 2.45) is 17.8 Å². The molecule has 5 rings (SSSR count). The zero-order valence-electron chi connectivity index (χ0n) is 18.0. The van der Waals surface area contributed by atoms with Crippen LogP contribution in [-0.2, 0) is 17.6 Å². The molecule has 30 heavy (non-hydrogen) atoms. The van der Waals surface area contributed by atoms with Crippen molar-refractivity contribution in [1.29, 1.82) is 0 Å². The van der Waals surface area contributed by atoms with Gasteiger partial charge in [0, 0.05) is 36.7 Å². The van der Waals surface area contributed by atoms with Crippen LogP contribution in [0.2, 0.25) is 0 Å². The summed E-state index contributed by atoms with van der Waals surface area (Å²) in [6.45, 7) is 4.59. The number of carbonyl (C=O) groups excluding carboxylic acids is 1. The molecule has 2 fully saturated rings. The predicted octanol–water partition coefficient (Wildman–Crippen LogP) is 2.71. The minimum atomic E-state index is -0.559. The number of aryl methyl sites for hydroxylation is 1. The van der Waals surface area contributed by atoms with Gasteiger partial charge >= 0.3 is 5.63 Å². The Kier molecular flexibility index (Phi) is 4.85. The first kappa shape index (κ1) is 19.6. The number of nitrogens with zero attached hydrogens (tertiary/aromatic N) is 2. The zero-order valence-corrected chi connectivity index (χ0v) is 18.0. The van der Waals surface area contributed by atoms with Gasteiger partial charge in [-0.2, -0.15) is 0 Å². The van der Waals surface area contributed by atoms with Gasteiger partial charge in [0.05, 0.1) is 0 Å². The van der Waals surface area contributed by atoms with E-state index in [1.165, 1.54) is 0 Å². The van der Waals surface area contributed by atoms with Gasteiger partial charge in [0.25, 0.3) is 5.91 Å². The lowest BCUT2D eigenvalue weighted by atomic mass is 9.91. The topological polar surface area (TPSA) is 63.0 Å². The first-order chi connectivity index (χ1) is 14.4. The zero-order chi connectivity index (χ0) is 21.0. The summed E-state index contributed by atoms with van der Waals surface area (Å²) in [5.41, 5.74) is 2.26. The summed E-state index contributed by atoms with van der Waals surface area (Å²) in [7, 11) is 4.21. The van der Waals surface area contributed by atoms with Gasteiger partial charge in [0.15, 0.2) is 6.10 Å². The lowest BCUT2D eigenvalue weighted by Gasteiger charge is -2.24. The highest BCUT2D eigenvalue weighted by atomic mass is 16.5. The largest absolute Gasteiger partial charge is 0.481 e. The molecule has 1 saturated carbocycles. The van der Waals surface area contributed by atoms with Gasteiger partial charge in [-0.3, -0.25) is 4.79 Å². The molecule has 1 saturated heterocycles. The molecular weight excluding hydrogens is 380 g/mol. The van der Waals surface area contributed by atoms with E-state index < -0.39 is 6.10 Å². The highest BCUT2D eigenvalue weighted by Gasteiger charge is 2.56. The Morgan fingerprint density at radius 2 is 1.90 bits per heavy atom. The average molecular weight is 411 g/mol. The molecule has 2 heterocycles. The number of rotatable bonds is 5. The fourth-order valence-electron chi connectivity index (χ4n) is 5.53. The number of fused-ring (bicyclic) bond motifs is 4. The molecule has 1 amide bonds. The van der Waals surface area contributed by atoms with Crippen LogP contribution in [0.3, 0.4) is 0 Å². The van der Waals surface area contributed by atoms with Crippen LogP contribution in [0.5, 0.6) is 5.75 Å². The van der Waals surface area contributed by atoms with E-state index in [1.807, 2.05) is 17.0 Å². The molecule has 0 radical (unpaired) electrons. The quantitative estimate of drug-likeness (QED) is 0.710. The van der Waals surface area contributed by atoms with Gasteiger partial charge in [-0.25, -0.2) is 4.79 Å². The Morgan fingerprint density at radius 3 is 2.60 bits per heavy atom. The van der Waals surface area contributed by atoms with Crippen LogP contribution in [0.15, 0.2) is 27.4 Å². The number of piperidine rings is 1. The molecule has 0 spiro atoms. The molecule has 1 aromatic carbocycles. The SMILES string of the molecule is CC(Oc1ccc2c3c(c(=O)oc2c1)CCCC3)C(=O)N1C[C@@H]2C(CN(C)C)[C@@H]2C1. The van der Waals surface area contributed by atoms with E-state index in [4.69, 9.17) is 9.15 Å². The standard InChI is InChI=1S/C24H30N2O4/c1-14(23(27)26-12-20-19(11-25(2)3)21(20)13-26)29-15-8-9-17-16-6-4-5-7-18(16)24(28)30-22(17)10-15/h8-10,14,19-21H,4-7,11-13H2,1-3H3/t14?,19?,20-,21+. The van der Waals surface area contributed by atoms with Crippen LogP contribution >= 0.6 is 0 Å². The number of ether oxygens (including phenoxy) is 1. The minimum absolute atomic E-state index is 0.0396. The Hall–Kier alpha value is -2.34. The second kappa shape index (κ2) is 7.41. The monoisotopic (exact) mass is 410 g/mol. The maximum Gasteiger partial charge on any atom is 0.339 e. The third-order valence-electron chi connectivity index (χ3n) is 7.11. The van der Waals surface area contributed by atoms with E-state index in [1.54, 1.807) is 13.0 Å². The van der Waals surface area contributed by atoms with Crippen LogP contribution in [-0.4, -0.2) is 55.5 Å². The molecule has 2 unspecified atom stereocenters. The third-order valence-corrected chi connectivity index (χ3v) is 7.11. The van der Waals surface area contributed by atoms with E-state index >= 15 is 0 Å². The number of benzene rings is 1. The second-order valence-electron chi connectivity index (χ2n) is 9.47. The van der Waals surface area contributed by atoms with Gasteiger partial charge in [0.1, 0.15) is 11.3 Å². The smallest absolute Gasteiger partial charge is 0.339 e. The van der Waals surface area contributed by atoms with Crippen molar-refractivity contribution in [2.75, 3.05) is 33.7 Å². The molecule has 6 heteroatoms. The van der Waals surface area contributed by atoms with Crippen LogP contribution < -0.4 is 10.4 Å². The van der Waals surface area contributed by atoms with Crippen molar-refractivity contribution in [2.45, 2.75) is 38.7 Å². The first-order valence-electron chi connectivity index (χ1n) is 11.1. The Labute approximate surface area is 176 Å². The van der Waals surface area contributed by atoms with Gasteiger partial charge in [-0.15, -0.1) is 0 Å². The second-order valence-corrected chi connectivity index (χ2v) is 9.47. The van der Waals surface area contributed by atoms with Gasteiger partial charge < -0.3 is 19.0 Å². The Morgan fingerprint density at radius 1 is 1.20 bits per heavy atom. The summed E-state index contributed by atoms with van der Waals surface area (Å²) < 4.78 is 11.5. The fourth-order valence-corrected chi connectivity index (χ4v) is 5.53. The molecule has 2 aliphatic carbocycles. The van der Waals surface area contributed by atoms with Crippen molar-refractivity contribution in [1.82, 2.24) is 9.80 Å². The van der Waals surface area contributed by atoms with Gasteiger partial charge in [-0.1, -0.05) is 0 Å². The Bertz CT molecular complexity index is 1030. The average Bonchev–Trinajstić information content (AvgIpc) is 3.15. The van der Waals surface area contributed by atoms with E-state index in [-0.39, 0.29) is 11.5 Å². The number of hydrogen-bond acceptors (Lipinski definition) is 5. The number of hydrogen-bond donors (Lipinski definition) is 0. The predicted molar refractivity (Wildman–Crippen MR) is 115 cm³/mol. The van der Waals surface area contributed by atoms with Crippen LogP contribution in [0.4, 0.5) is 0 Å². The summed E-state index contributed by atoms with van der Waals surface area (Å²) in [5, 5.41) is 0.988. The molecule has 0 bridgehead atoms. The fraction of sp³-hybridized carbons (Fsp3) is 0.583. The lowest BCUT2D eigenvalue weighted by molar-refractivity contribution is -0.137. The molecule has 1 aromatic heterocycles. The van der Waals surface area contributed by atoms with Crippen molar-refractivity contribution < 1.29 is 13.9 Å². The van der Waals surface area contributed by atoms with Crippen molar-refractivity contribution in [3.63, 3.8) is 0 Å². The van der Waals surface area contributed by atoms with E-state index in [0.29, 0.717) is 23.2 Å². The highest BCUT2D eigenvalue weighted by molar-refractivity contribution is 5.84. The number of likely N-dealkylation sites (tertiary alicyclic amines) is 1. The summed E-state index contributed by atoms with van der Waals surface area (Å²) in [4.78, 5) is 29.4. The number of carbonyl (C=O) groups is 1. The molecular formula is C24H30N2O4. The summed E-state index contributed by atoms with van der Waals surface area (Å²) in [5.74, 6) is 2.62. The highest BCUT2D eigenvalue weighted by Crippen LogP contribution is 2.51. The minimum Gasteiger partial charge on any atom is -0.481 e. The first-order valence-corrected chi connectivity index (χ1v) is 11.1. The number of amides is 1. The third kappa shape index (κ3) is 3.41. The van der Waals surface area contributed by atoms with Crippen LogP contribution in [0, 0.1) is 17.8 Å². The van der Waals surface area contributed by atoms with Gasteiger partial charge in [-0.05, 0) is 82.2 Å². The van der Waals surface area contributed by atoms with Gasteiger partial charge in [0.2, 0.25) is 0 Å². The molecule has 2 aromatic rings. The van der Waals surface area contributed by atoms with Crippen molar-refractivity contribution >= 4 is 16.9 Å². The molecule has 4 atom stereocenters. The molecule has 1 aliphatic heterocycles. The van der Waals surface area contributed by atoms with E-state index in [2.05, 4.69) is 19.0 Å². The molecule has 6 nitrogen and oxygen atoms in total. The summed E-state index contributed by atoms with van der Waals surface area (Å²) in [6, 6.07) is 5.60. The van der Waals surface area contributed by atoms with Crippen LogP contribution in [0.25, 0.3) is 11.0 Å². The summed E-state index contributed by atoms with van der Waals surface area (Å²) >= 11 is 0.